The topological polar surface area (TPSA) is 3.24 Å². The molecule has 0 aliphatic carbocycles. The summed E-state index contributed by atoms with van der Waals surface area (Å²) in [6.45, 7) is 1.82. The summed E-state index contributed by atoms with van der Waals surface area (Å²) in [7, 11) is 0. The quantitative estimate of drug-likeness (QED) is 0.429. The number of nitrogens with zero attached hydrogens (tertiary/aromatic N) is 1. The molecule has 0 aromatic rings. The SMILES string of the molecule is ClCCN(I)CCCl. The summed E-state index contributed by atoms with van der Waals surface area (Å²) in [5, 5.41) is 0. The smallest absolute Gasteiger partial charge is 0.0359 e. The highest BCUT2D eigenvalue weighted by Crippen LogP contribution is 1.98. The van der Waals surface area contributed by atoms with Gasteiger partial charge in [-0.25, -0.2) is 3.11 Å². The maximum absolute atomic E-state index is 5.44. The molecule has 0 aliphatic heterocycles. The summed E-state index contributed by atoms with van der Waals surface area (Å²) in [4.78, 5) is 0. The van der Waals surface area contributed by atoms with Gasteiger partial charge < -0.3 is 0 Å². The molecule has 0 amide bonds. The van der Waals surface area contributed by atoms with E-state index in [1.165, 1.54) is 0 Å². The van der Waals surface area contributed by atoms with Crippen LogP contribution >= 0.6 is 46.1 Å². The molecule has 0 saturated heterocycles. The minimum Gasteiger partial charge on any atom is -0.245 e. The van der Waals surface area contributed by atoms with Crippen molar-refractivity contribution < 1.29 is 0 Å². The van der Waals surface area contributed by atoms with Crippen LogP contribution < -0.4 is 0 Å². The molecular formula is C4H8Cl2IN. The Labute approximate surface area is 73.8 Å². The highest BCUT2D eigenvalue weighted by molar-refractivity contribution is 14.1. The van der Waals surface area contributed by atoms with Gasteiger partial charge in [0.2, 0.25) is 0 Å². The van der Waals surface area contributed by atoms with Crippen molar-refractivity contribution in [2.24, 2.45) is 0 Å². The lowest BCUT2D eigenvalue weighted by Crippen LogP contribution is -2.15. The lowest BCUT2D eigenvalue weighted by atomic mass is 10.7. The average molecular weight is 268 g/mol. The second-order valence-electron chi connectivity index (χ2n) is 1.29. The second-order valence-corrected chi connectivity index (χ2v) is 3.41. The molecule has 0 radical (unpaired) electrons. The van der Waals surface area contributed by atoms with Crippen LogP contribution in [0.25, 0.3) is 0 Å². The predicted octanol–water partition coefficient (Wildman–Crippen LogP) is 2.12. The van der Waals surface area contributed by atoms with Crippen molar-refractivity contribution in [1.29, 1.82) is 0 Å². The van der Waals surface area contributed by atoms with Crippen molar-refractivity contribution in [3.8, 4) is 0 Å². The molecule has 0 saturated carbocycles. The van der Waals surface area contributed by atoms with E-state index >= 15 is 0 Å². The van der Waals surface area contributed by atoms with Crippen molar-refractivity contribution >= 4 is 46.1 Å². The van der Waals surface area contributed by atoms with Crippen molar-refractivity contribution in [2.75, 3.05) is 24.8 Å². The van der Waals surface area contributed by atoms with Crippen molar-refractivity contribution in [3.63, 3.8) is 0 Å². The first kappa shape index (κ1) is 9.27. The highest BCUT2D eigenvalue weighted by Gasteiger charge is 1.94. The molecule has 0 rings (SSSR count). The van der Waals surface area contributed by atoms with Gasteiger partial charge in [0.05, 0.1) is 0 Å². The zero-order valence-electron chi connectivity index (χ0n) is 4.41. The van der Waals surface area contributed by atoms with E-state index in [0.29, 0.717) is 11.8 Å². The zero-order chi connectivity index (χ0) is 6.41. The first-order chi connectivity index (χ1) is 3.81. The lowest BCUT2D eigenvalue weighted by molar-refractivity contribution is 0.573. The molecule has 1 nitrogen and oxygen atoms in total. The van der Waals surface area contributed by atoms with Crippen LogP contribution in [0.1, 0.15) is 0 Å². The number of alkyl halides is 2. The van der Waals surface area contributed by atoms with Crippen molar-refractivity contribution in [1.82, 2.24) is 3.11 Å². The summed E-state index contributed by atoms with van der Waals surface area (Å²) in [6.07, 6.45) is 0. The third kappa shape index (κ3) is 5.41. The van der Waals surface area contributed by atoms with Crippen LogP contribution in [0.2, 0.25) is 0 Å². The maximum atomic E-state index is 5.44. The Morgan fingerprint density at radius 3 is 1.75 bits per heavy atom. The van der Waals surface area contributed by atoms with E-state index in [1.54, 1.807) is 0 Å². The van der Waals surface area contributed by atoms with Gasteiger partial charge >= 0.3 is 0 Å². The van der Waals surface area contributed by atoms with Gasteiger partial charge in [0, 0.05) is 47.7 Å². The molecule has 0 aromatic heterocycles. The molecule has 0 heterocycles. The Hall–Kier alpha value is 1.27. The Morgan fingerprint density at radius 1 is 1.12 bits per heavy atom. The molecule has 0 aliphatic rings. The standard InChI is InChI=1S/C4H8Cl2IN/c5-1-3-8(7)4-2-6/h1-4H2. The Bertz CT molecular complexity index is 47.3. The van der Waals surface area contributed by atoms with E-state index in [1.807, 2.05) is 0 Å². The van der Waals surface area contributed by atoms with Crippen LogP contribution in [0, 0.1) is 0 Å². The first-order valence-corrected chi connectivity index (χ1v) is 4.37. The van der Waals surface area contributed by atoms with Crippen LogP contribution in [0.15, 0.2) is 0 Å². The van der Waals surface area contributed by atoms with Crippen molar-refractivity contribution in [3.05, 3.63) is 0 Å². The monoisotopic (exact) mass is 267 g/mol. The van der Waals surface area contributed by atoms with Gasteiger partial charge in [-0.1, -0.05) is 0 Å². The predicted molar refractivity (Wildman–Crippen MR) is 47.0 cm³/mol. The number of hydrogen-bond acceptors (Lipinski definition) is 1. The average Bonchev–Trinajstić information content (AvgIpc) is 1.68. The molecule has 0 aromatic carbocycles. The third-order valence-electron chi connectivity index (χ3n) is 0.654. The minimum absolute atomic E-state index is 0.680. The van der Waals surface area contributed by atoms with Crippen LogP contribution in [-0.4, -0.2) is 28.0 Å². The molecule has 0 unspecified atom stereocenters. The molecule has 4 heteroatoms. The number of halogens is 3. The van der Waals surface area contributed by atoms with E-state index in [4.69, 9.17) is 23.2 Å². The van der Waals surface area contributed by atoms with Gasteiger partial charge in [0.15, 0.2) is 0 Å². The lowest BCUT2D eigenvalue weighted by Gasteiger charge is -2.08. The van der Waals surface area contributed by atoms with E-state index in [-0.39, 0.29) is 0 Å². The molecular weight excluding hydrogens is 260 g/mol. The summed E-state index contributed by atoms with van der Waals surface area (Å²) >= 11 is 13.1. The first-order valence-electron chi connectivity index (χ1n) is 2.34. The van der Waals surface area contributed by atoms with E-state index in [0.717, 1.165) is 13.1 Å². The van der Waals surface area contributed by atoms with Crippen LogP contribution in [-0.2, 0) is 0 Å². The summed E-state index contributed by atoms with van der Waals surface area (Å²) < 4.78 is 2.07. The molecule has 0 fully saturated rings. The zero-order valence-corrected chi connectivity index (χ0v) is 8.08. The summed E-state index contributed by atoms with van der Waals surface area (Å²) in [6, 6.07) is 0. The maximum Gasteiger partial charge on any atom is 0.0359 e. The summed E-state index contributed by atoms with van der Waals surface area (Å²) in [5.74, 6) is 1.36. The molecule has 50 valence electrons. The van der Waals surface area contributed by atoms with Crippen LogP contribution in [0.5, 0.6) is 0 Å². The third-order valence-corrected chi connectivity index (χ3v) is 1.96. The van der Waals surface area contributed by atoms with Gasteiger partial charge in [-0.05, 0) is 0 Å². The fourth-order valence-electron chi connectivity index (χ4n) is 0.295. The normalized spacial score (nSPS) is 10.5. The Morgan fingerprint density at radius 2 is 1.50 bits per heavy atom. The fourth-order valence-corrected chi connectivity index (χ4v) is 1.76. The molecule has 0 N–H and O–H groups in total. The van der Waals surface area contributed by atoms with E-state index in [9.17, 15) is 0 Å². The van der Waals surface area contributed by atoms with Gasteiger partial charge in [0.1, 0.15) is 0 Å². The summed E-state index contributed by atoms with van der Waals surface area (Å²) in [5.41, 5.74) is 0. The molecule has 0 spiro atoms. The Kier molecular flexibility index (Phi) is 7.41. The second kappa shape index (κ2) is 6.39. The van der Waals surface area contributed by atoms with E-state index < -0.39 is 0 Å². The van der Waals surface area contributed by atoms with Crippen LogP contribution in [0.3, 0.4) is 0 Å². The minimum atomic E-state index is 0.680. The molecule has 0 bridgehead atoms. The molecule has 8 heavy (non-hydrogen) atoms. The van der Waals surface area contributed by atoms with E-state index in [2.05, 4.69) is 26.0 Å². The Balaban J connectivity index is 2.92. The van der Waals surface area contributed by atoms with Crippen LogP contribution in [0.4, 0.5) is 0 Å². The largest absolute Gasteiger partial charge is 0.245 e. The number of hydrogen-bond donors (Lipinski definition) is 0. The molecule has 0 atom stereocenters. The van der Waals surface area contributed by atoms with Gasteiger partial charge in [-0.2, -0.15) is 0 Å². The van der Waals surface area contributed by atoms with Gasteiger partial charge in [-0.15, -0.1) is 23.2 Å². The van der Waals surface area contributed by atoms with Gasteiger partial charge in [-0.3, -0.25) is 0 Å². The highest BCUT2D eigenvalue weighted by atomic mass is 127. The van der Waals surface area contributed by atoms with Gasteiger partial charge in [0.25, 0.3) is 0 Å². The van der Waals surface area contributed by atoms with Crippen molar-refractivity contribution in [2.45, 2.75) is 0 Å². The fraction of sp³-hybridized carbons (Fsp3) is 1.00. The number of rotatable bonds is 4.